The van der Waals surface area contributed by atoms with Gasteiger partial charge in [0.25, 0.3) is 0 Å². The van der Waals surface area contributed by atoms with Gasteiger partial charge in [-0.1, -0.05) is 48.8 Å². The molecule has 1 atom stereocenters. The Hall–Kier alpha value is 0.650. The molecule has 0 spiro atoms. The first kappa shape index (κ1) is 13.1. The third-order valence-corrected chi connectivity index (χ3v) is 5.64. The third-order valence-electron chi connectivity index (χ3n) is 4.25. The van der Waals surface area contributed by atoms with Gasteiger partial charge in [-0.05, 0) is 11.8 Å². The molecule has 1 saturated carbocycles. The molecule has 0 aromatic heterocycles. The molecule has 1 saturated heterocycles. The number of halogens is 1. The van der Waals surface area contributed by atoms with Crippen LogP contribution in [-0.2, 0) is 9.47 Å². The SMILES string of the molecule is CC(COC1(CI)CCOCC1)C1CCC1. The summed E-state index contributed by atoms with van der Waals surface area (Å²) in [5.74, 6) is 1.68. The lowest BCUT2D eigenvalue weighted by molar-refractivity contribution is -0.109. The van der Waals surface area contributed by atoms with Gasteiger partial charge in [-0.15, -0.1) is 0 Å². The standard InChI is InChI=1S/C13H23IO2/c1-11(12-3-2-4-12)9-16-13(10-14)5-7-15-8-6-13/h11-12H,2-10H2,1H3. The molecule has 0 bridgehead atoms. The maximum Gasteiger partial charge on any atom is 0.0815 e. The van der Waals surface area contributed by atoms with Crippen molar-refractivity contribution >= 4 is 22.6 Å². The molecular formula is C13H23IO2. The maximum atomic E-state index is 6.25. The maximum absolute atomic E-state index is 6.25. The van der Waals surface area contributed by atoms with Crippen molar-refractivity contribution in [2.24, 2.45) is 11.8 Å². The van der Waals surface area contributed by atoms with Gasteiger partial charge in [-0.2, -0.15) is 0 Å². The van der Waals surface area contributed by atoms with E-state index in [4.69, 9.17) is 9.47 Å². The first-order valence-electron chi connectivity index (χ1n) is 6.53. The second-order valence-electron chi connectivity index (χ2n) is 5.41. The van der Waals surface area contributed by atoms with Crippen molar-refractivity contribution in [2.45, 2.75) is 44.6 Å². The molecule has 2 rings (SSSR count). The molecule has 1 heterocycles. The average Bonchev–Trinajstić information content (AvgIpc) is 2.25. The molecule has 2 aliphatic rings. The fraction of sp³-hybridized carbons (Fsp3) is 1.00. The Morgan fingerprint density at radius 1 is 1.38 bits per heavy atom. The van der Waals surface area contributed by atoms with Crippen LogP contribution >= 0.6 is 22.6 Å². The molecule has 16 heavy (non-hydrogen) atoms. The van der Waals surface area contributed by atoms with Gasteiger partial charge in [0.05, 0.1) is 12.2 Å². The smallest absolute Gasteiger partial charge is 0.0815 e. The van der Waals surface area contributed by atoms with E-state index in [9.17, 15) is 0 Å². The summed E-state index contributed by atoms with van der Waals surface area (Å²) < 4.78 is 12.8. The van der Waals surface area contributed by atoms with Crippen LogP contribution in [0.3, 0.4) is 0 Å². The van der Waals surface area contributed by atoms with Crippen molar-refractivity contribution in [3.05, 3.63) is 0 Å². The number of rotatable bonds is 5. The number of hydrogen-bond acceptors (Lipinski definition) is 2. The highest BCUT2D eigenvalue weighted by molar-refractivity contribution is 14.1. The number of ether oxygens (including phenoxy) is 2. The van der Waals surface area contributed by atoms with Crippen molar-refractivity contribution in [2.75, 3.05) is 24.2 Å². The second kappa shape index (κ2) is 6.01. The van der Waals surface area contributed by atoms with Crippen molar-refractivity contribution in [1.82, 2.24) is 0 Å². The monoisotopic (exact) mass is 338 g/mol. The Morgan fingerprint density at radius 3 is 2.56 bits per heavy atom. The molecule has 3 heteroatoms. The minimum Gasteiger partial charge on any atom is -0.381 e. The molecular weight excluding hydrogens is 315 g/mol. The Bertz CT molecular complexity index is 210. The molecule has 0 radical (unpaired) electrons. The van der Waals surface area contributed by atoms with Crippen LogP contribution in [0.2, 0.25) is 0 Å². The molecule has 0 aromatic carbocycles. The lowest BCUT2D eigenvalue weighted by Gasteiger charge is -2.38. The first-order chi connectivity index (χ1) is 7.76. The summed E-state index contributed by atoms with van der Waals surface area (Å²) in [7, 11) is 0. The molecule has 0 amide bonds. The summed E-state index contributed by atoms with van der Waals surface area (Å²) >= 11 is 2.47. The normalized spacial score (nSPS) is 27.4. The van der Waals surface area contributed by atoms with E-state index < -0.39 is 0 Å². The van der Waals surface area contributed by atoms with Gasteiger partial charge in [-0.25, -0.2) is 0 Å². The largest absolute Gasteiger partial charge is 0.381 e. The Balaban J connectivity index is 1.76. The van der Waals surface area contributed by atoms with Crippen LogP contribution in [0.15, 0.2) is 0 Å². The van der Waals surface area contributed by atoms with E-state index in [0.717, 1.165) is 48.9 Å². The van der Waals surface area contributed by atoms with E-state index in [1.54, 1.807) is 0 Å². The van der Waals surface area contributed by atoms with Crippen LogP contribution in [-0.4, -0.2) is 29.8 Å². The molecule has 1 aliphatic carbocycles. The lowest BCUT2D eigenvalue weighted by Crippen LogP contribution is -2.42. The van der Waals surface area contributed by atoms with Crippen LogP contribution in [0.25, 0.3) is 0 Å². The topological polar surface area (TPSA) is 18.5 Å². The second-order valence-corrected chi connectivity index (χ2v) is 6.17. The molecule has 0 aromatic rings. The van der Waals surface area contributed by atoms with Gasteiger partial charge in [0.2, 0.25) is 0 Å². The minimum atomic E-state index is 0.122. The van der Waals surface area contributed by atoms with Crippen molar-refractivity contribution in [1.29, 1.82) is 0 Å². The van der Waals surface area contributed by atoms with Crippen LogP contribution in [0.4, 0.5) is 0 Å². The Labute approximate surface area is 113 Å². The van der Waals surface area contributed by atoms with E-state index in [2.05, 4.69) is 29.5 Å². The van der Waals surface area contributed by atoms with E-state index >= 15 is 0 Å². The van der Waals surface area contributed by atoms with E-state index in [0.29, 0.717) is 0 Å². The van der Waals surface area contributed by atoms with Crippen LogP contribution < -0.4 is 0 Å². The summed E-state index contributed by atoms with van der Waals surface area (Å²) in [6.45, 7) is 5.05. The summed E-state index contributed by atoms with van der Waals surface area (Å²) in [5.41, 5.74) is 0.122. The van der Waals surface area contributed by atoms with E-state index in [1.807, 2.05) is 0 Å². The predicted octanol–water partition coefficient (Wildman–Crippen LogP) is 3.42. The predicted molar refractivity (Wildman–Crippen MR) is 74.1 cm³/mol. The quantitative estimate of drug-likeness (QED) is 0.565. The highest BCUT2D eigenvalue weighted by atomic mass is 127. The molecule has 0 N–H and O–H groups in total. The van der Waals surface area contributed by atoms with E-state index in [-0.39, 0.29) is 5.60 Å². The van der Waals surface area contributed by atoms with Crippen LogP contribution in [0.5, 0.6) is 0 Å². The zero-order valence-electron chi connectivity index (χ0n) is 10.2. The molecule has 2 fully saturated rings. The minimum absolute atomic E-state index is 0.122. The van der Waals surface area contributed by atoms with Gasteiger partial charge in [0, 0.05) is 30.5 Å². The molecule has 1 aliphatic heterocycles. The zero-order valence-corrected chi connectivity index (χ0v) is 12.4. The fourth-order valence-corrected chi connectivity index (χ4v) is 3.50. The van der Waals surface area contributed by atoms with Gasteiger partial charge in [0.15, 0.2) is 0 Å². The summed E-state index contributed by atoms with van der Waals surface area (Å²) in [6, 6.07) is 0. The van der Waals surface area contributed by atoms with Crippen LogP contribution in [0.1, 0.15) is 39.0 Å². The highest BCUT2D eigenvalue weighted by Crippen LogP contribution is 2.35. The van der Waals surface area contributed by atoms with Gasteiger partial charge in [-0.3, -0.25) is 0 Å². The lowest BCUT2D eigenvalue weighted by atomic mass is 9.77. The van der Waals surface area contributed by atoms with Crippen LogP contribution in [0, 0.1) is 11.8 Å². The van der Waals surface area contributed by atoms with Gasteiger partial charge in [0.1, 0.15) is 0 Å². The molecule has 2 nitrogen and oxygen atoms in total. The fourth-order valence-electron chi connectivity index (χ4n) is 2.51. The third kappa shape index (κ3) is 3.10. The first-order valence-corrected chi connectivity index (χ1v) is 8.06. The van der Waals surface area contributed by atoms with E-state index in [1.165, 1.54) is 19.3 Å². The number of alkyl halides is 1. The number of hydrogen-bond donors (Lipinski definition) is 0. The summed E-state index contributed by atoms with van der Waals surface area (Å²) in [4.78, 5) is 0. The Morgan fingerprint density at radius 2 is 2.06 bits per heavy atom. The van der Waals surface area contributed by atoms with Crippen molar-refractivity contribution in [3.8, 4) is 0 Å². The average molecular weight is 338 g/mol. The summed E-state index contributed by atoms with van der Waals surface area (Å²) in [5, 5.41) is 0. The highest BCUT2D eigenvalue weighted by Gasteiger charge is 2.34. The van der Waals surface area contributed by atoms with Crippen molar-refractivity contribution < 1.29 is 9.47 Å². The molecule has 94 valence electrons. The van der Waals surface area contributed by atoms with Gasteiger partial charge >= 0.3 is 0 Å². The Kier molecular flexibility index (Phi) is 4.91. The summed E-state index contributed by atoms with van der Waals surface area (Å²) in [6.07, 6.45) is 6.43. The zero-order chi connectivity index (χ0) is 11.4. The van der Waals surface area contributed by atoms with Crippen molar-refractivity contribution in [3.63, 3.8) is 0 Å². The van der Waals surface area contributed by atoms with Gasteiger partial charge < -0.3 is 9.47 Å². The molecule has 1 unspecified atom stereocenters.